The fraction of sp³-hybridized carbons (Fsp3) is 0.414. The monoisotopic (exact) mass is 1190 g/mol. The van der Waals surface area contributed by atoms with Crippen LogP contribution in [-0.2, 0) is 33.9 Å². The average Bonchev–Trinajstić information content (AvgIpc) is 3.86. The molecule has 6 fully saturated rings. The molecule has 14 rings (SSSR count). The van der Waals surface area contributed by atoms with E-state index in [9.17, 15) is 28.9 Å². The Morgan fingerprint density at radius 3 is 1.46 bits per heavy atom. The van der Waals surface area contributed by atoms with E-state index in [1.165, 1.54) is 23.5 Å². The van der Waals surface area contributed by atoms with Gasteiger partial charge in [-0.15, -0.1) is 22.7 Å². The molecular weight excluding hydrogens is 1140 g/mol. The van der Waals surface area contributed by atoms with Crippen LogP contribution in [0, 0.1) is 41.9 Å². The molecule has 408 valence electrons. The Balaban J connectivity index is 0.000000150. The van der Waals surface area contributed by atoms with E-state index >= 15 is 0 Å². The lowest BCUT2D eigenvalue weighted by molar-refractivity contribution is 0.00907. The molecule has 0 bridgehead atoms. The van der Waals surface area contributed by atoms with Gasteiger partial charge in [0.2, 0.25) is 0 Å². The number of benzene rings is 4. The maximum absolute atomic E-state index is 14.5. The highest BCUT2D eigenvalue weighted by Gasteiger charge is 2.53. The third kappa shape index (κ3) is 10.1. The number of aromatic carboxylic acids is 1. The molecule has 4 heterocycles. The molecule has 0 amide bonds. The van der Waals surface area contributed by atoms with Crippen LogP contribution in [-0.4, -0.2) is 53.8 Å². The van der Waals surface area contributed by atoms with Gasteiger partial charge in [0, 0.05) is 38.8 Å². The molecule has 4 aromatic carbocycles. The molecule has 6 saturated carbocycles. The fourth-order valence-corrected chi connectivity index (χ4v) is 16.3. The van der Waals surface area contributed by atoms with Crippen molar-refractivity contribution in [2.24, 2.45) is 23.7 Å². The van der Waals surface area contributed by atoms with E-state index < -0.39 is 28.8 Å². The van der Waals surface area contributed by atoms with Crippen LogP contribution in [0.15, 0.2) is 69.7 Å². The van der Waals surface area contributed by atoms with Gasteiger partial charge in [0.05, 0.1) is 62.3 Å². The third-order valence-corrected chi connectivity index (χ3v) is 20.6. The molecule has 79 heavy (non-hydrogen) atoms. The standard InChI is InChI=1S/C29H24Cl2FN3O3S.C29H25Cl2FN2O5S/c1-33-17-9-22(32)26-23(10-17)39-28(34-26)29(36)11-15-7-18(8-16(15)12-29)37-13-19-25(35-38-27(19)14-5-6-14)24-20(30)3-2-4-21(24)31;30-19-2-1-3-20(31)23(19)24-18(26(39-34-24)13-4-5-13)12-38-17-6-15-10-29(37,11-16(15)7-17)28-33-25-21(32)8-14(27(35)36)9-22(25)40-28/h2-4,9-10,14-16,18,36H,5-8,11-13H2;1-3,8-9,13,15-17,37H,4-7,10-12H2,(H,35,36)/t15-,16+,18?,29?;15-,16+,17?,29?. The number of carbonyl (C=O) groups is 1. The molecule has 6 aliphatic rings. The van der Waals surface area contributed by atoms with E-state index in [1.807, 2.05) is 0 Å². The third-order valence-electron chi connectivity index (χ3n) is 16.9. The zero-order valence-corrected chi connectivity index (χ0v) is 46.7. The predicted octanol–water partition coefficient (Wildman–Crippen LogP) is 16.0. The first-order valence-electron chi connectivity index (χ1n) is 26.4. The normalized spacial score (nSPS) is 26.2. The van der Waals surface area contributed by atoms with Crippen molar-refractivity contribution in [3.63, 3.8) is 0 Å². The second-order valence-electron chi connectivity index (χ2n) is 22.3. The second kappa shape index (κ2) is 20.7. The number of carboxylic acid groups (broad SMARTS) is 1. The molecule has 0 saturated heterocycles. The van der Waals surface area contributed by atoms with Crippen molar-refractivity contribution >= 4 is 101 Å². The largest absolute Gasteiger partial charge is 0.478 e. The quantitative estimate of drug-likeness (QED) is 0.0932. The lowest BCUT2D eigenvalue weighted by Gasteiger charge is -2.22. The van der Waals surface area contributed by atoms with E-state index in [-0.39, 0.29) is 46.3 Å². The van der Waals surface area contributed by atoms with Crippen LogP contribution in [0.1, 0.15) is 132 Å². The highest BCUT2D eigenvalue weighted by atomic mass is 35.5. The first-order valence-corrected chi connectivity index (χ1v) is 29.5. The maximum atomic E-state index is 14.5. The van der Waals surface area contributed by atoms with Gasteiger partial charge in [-0.05, 0) is 149 Å². The number of ether oxygens (including phenoxy) is 2. The number of carboxylic acids is 1. The minimum atomic E-state index is -1.20. The number of rotatable bonds is 13. The zero-order chi connectivity index (χ0) is 54.6. The smallest absolute Gasteiger partial charge is 0.335 e. The van der Waals surface area contributed by atoms with Gasteiger partial charge in [-0.1, -0.05) is 68.8 Å². The summed E-state index contributed by atoms with van der Waals surface area (Å²) in [4.78, 5) is 23.5. The summed E-state index contributed by atoms with van der Waals surface area (Å²) >= 11 is 28.4. The van der Waals surface area contributed by atoms with E-state index in [2.05, 4.69) is 25.1 Å². The van der Waals surface area contributed by atoms with Crippen molar-refractivity contribution in [2.45, 2.75) is 126 Å². The minimum absolute atomic E-state index is 0.0157. The molecule has 13 nitrogen and oxygen atoms in total. The first-order chi connectivity index (χ1) is 38.0. The molecule has 0 aliphatic heterocycles. The van der Waals surface area contributed by atoms with Crippen LogP contribution >= 0.6 is 69.1 Å². The lowest BCUT2D eigenvalue weighted by atomic mass is 9.98. The number of aliphatic hydroxyl groups is 2. The van der Waals surface area contributed by atoms with Crippen LogP contribution in [0.3, 0.4) is 0 Å². The van der Waals surface area contributed by atoms with Gasteiger partial charge in [0.1, 0.15) is 61.0 Å². The summed E-state index contributed by atoms with van der Waals surface area (Å²) in [6.07, 6.45) is 9.71. The van der Waals surface area contributed by atoms with Crippen LogP contribution in [0.4, 0.5) is 14.5 Å². The summed E-state index contributed by atoms with van der Waals surface area (Å²) in [5.74, 6) is 1.04. The molecule has 8 aromatic rings. The van der Waals surface area contributed by atoms with E-state index in [1.54, 1.807) is 42.5 Å². The van der Waals surface area contributed by atoms with Crippen molar-refractivity contribution in [3.05, 3.63) is 142 Å². The van der Waals surface area contributed by atoms with E-state index in [0.29, 0.717) is 125 Å². The maximum Gasteiger partial charge on any atom is 0.335 e. The molecule has 4 aromatic heterocycles. The molecule has 0 spiro atoms. The van der Waals surface area contributed by atoms with Crippen molar-refractivity contribution in [2.75, 3.05) is 0 Å². The average molecular weight is 1190 g/mol. The molecule has 0 radical (unpaired) electrons. The number of thiazole rings is 2. The number of hydrogen-bond acceptors (Lipinski definition) is 13. The van der Waals surface area contributed by atoms with Crippen molar-refractivity contribution in [1.82, 2.24) is 20.3 Å². The van der Waals surface area contributed by atoms with Gasteiger partial charge in [0.25, 0.3) is 0 Å². The molecule has 3 N–H and O–H groups in total. The number of aromatic nitrogens is 4. The van der Waals surface area contributed by atoms with Crippen molar-refractivity contribution < 1.29 is 47.4 Å². The number of nitrogens with zero attached hydrogens (tertiary/aromatic N) is 5. The number of fused-ring (bicyclic) bond motifs is 4. The number of hydrogen-bond donors (Lipinski definition) is 3. The van der Waals surface area contributed by atoms with Gasteiger partial charge in [0.15, 0.2) is 11.5 Å². The first kappa shape index (κ1) is 53.2. The van der Waals surface area contributed by atoms with E-state index in [4.69, 9.17) is 71.5 Å². The Kier molecular flexibility index (Phi) is 14.0. The molecule has 21 heteroatoms. The Labute approximate surface area is 479 Å². The summed E-state index contributed by atoms with van der Waals surface area (Å²) in [6, 6.07) is 16.0. The predicted molar refractivity (Wildman–Crippen MR) is 296 cm³/mol. The van der Waals surface area contributed by atoms with Gasteiger partial charge in [-0.25, -0.2) is 28.4 Å². The van der Waals surface area contributed by atoms with Crippen LogP contribution in [0.5, 0.6) is 0 Å². The summed E-state index contributed by atoms with van der Waals surface area (Å²) in [5, 5.41) is 44.1. The Morgan fingerprint density at radius 1 is 0.658 bits per heavy atom. The highest BCUT2D eigenvalue weighted by molar-refractivity contribution is 7.19. The minimum Gasteiger partial charge on any atom is -0.478 e. The molecule has 8 atom stereocenters. The molecule has 6 aliphatic carbocycles. The molecule has 4 unspecified atom stereocenters. The SMILES string of the molecule is O=C(O)c1cc(F)c2nc(C3(O)C[C@H]4CC(OCc5c(-c6c(Cl)cccc6Cl)noc5C5CC5)C[C@H]4C3)sc2c1.[C-]#[N+]c1cc(F)c2nc(C3(O)C[C@H]4CC(OCc5c(-c6c(Cl)cccc6Cl)noc5C5CC5)C[C@H]4C3)sc2c1. The van der Waals surface area contributed by atoms with Crippen LogP contribution < -0.4 is 0 Å². The Bertz CT molecular complexity index is 3710. The Hall–Kier alpha value is -5.10. The van der Waals surface area contributed by atoms with Crippen LogP contribution in [0.25, 0.3) is 47.8 Å². The van der Waals surface area contributed by atoms with E-state index in [0.717, 1.165) is 91.4 Å². The summed E-state index contributed by atoms with van der Waals surface area (Å²) in [6.45, 7) is 7.88. The topological polar surface area (TPSA) is 178 Å². The summed E-state index contributed by atoms with van der Waals surface area (Å²) in [5.41, 5.74) is 2.57. The summed E-state index contributed by atoms with van der Waals surface area (Å²) < 4.78 is 54.4. The van der Waals surface area contributed by atoms with Gasteiger partial charge in [-0.3, -0.25) is 0 Å². The zero-order valence-electron chi connectivity index (χ0n) is 42.0. The number of halogens is 6. The fourth-order valence-electron chi connectivity index (χ4n) is 12.9. The lowest BCUT2D eigenvalue weighted by Crippen LogP contribution is -2.23. The molecular formula is C58H49Cl4F2N5O8S2. The van der Waals surface area contributed by atoms with Gasteiger partial charge < -0.3 is 33.8 Å². The Morgan fingerprint density at radius 2 is 1.06 bits per heavy atom. The second-order valence-corrected chi connectivity index (χ2v) is 25.9. The van der Waals surface area contributed by atoms with Crippen molar-refractivity contribution in [3.8, 4) is 22.5 Å². The van der Waals surface area contributed by atoms with Crippen molar-refractivity contribution in [1.29, 1.82) is 0 Å². The highest BCUT2D eigenvalue weighted by Crippen LogP contribution is 2.57. The van der Waals surface area contributed by atoms with Gasteiger partial charge in [-0.2, -0.15) is 0 Å². The summed E-state index contributed by atoms with van der Waals surface area (Å²) in [7, 11) is 0. The van der Waals surface area contributed by atoms with Gasteiger partial charge >= 0.3 is 5.97 Å². The van der Waals surface area contributed by atoms with Crippen LogP contribution in [0.2, 0.25) is 20.1 Å².